The fourth-order valence-electron chi connectivity index (χ4n) is 1.11. The molecule has 1 aromatic carbocycles. The summed E-state index contributed by atoms with van der Waals surface area (Å²) in [7, 11) is -3.80. The Balaban J connectivity index is 3.19. The van der Waals surface area contributed by atoms with Gasteiger partial charge in [0.25, 0.3) is 5.91 Å². The van der Waals surface area contributed by atoms with Gasteiger partial charge in [-0.2, -0.15) is 0 Å². The Hall–Kier alpha value is -1.50. The van der Waals surface area contributed by atoms with Gasteiger partial charge in [0.2, 0.25) is 10.0 Å². The zero-order chi connectivity index (χ0) is 12.5. The summed E-state index contributed by atoms with van der Waals surface area (Å²) in [6.45, 7) is 1.27. The van der Waals surface area contributed by atoms with Crippen LogP contribution in [0.25, 0.3) is 0 Å². The summed E-state index contributed by atoms with van der Waals surface area (Å²) in [6.07, 6.45) is 0.745. The Morgan fingerprint density at radius 3 is 2.38 bits per heavy atom. The Morgan fingerprint density at radius 2 is 1.88 bits per heavy atom. The van der Waals surface area contributed by atoms with E-state index in [2.05, 4.69) is 0 Å². The molecule has 0 saturated carbocycles. The maximum absolute atomic E-state index is 13.4. The summed E-state index contributed by atoms with van der Waals surface area (Å²) in [5, 5.41) is 0. The van der Waals surface area contributed by atoms with E-state index < -0.39 is 33.1 Å². The quantitative estimate of drug-likeness (QED) is 0.849. The van der Waals surface area contributed by atoms with Crippen molar-refractivity contribution in [3.05, 3.63) is 34.9 Å². The van der Waals surface area contributed by atoms with Gasteiger partial charge in [0.1, 0.15) is 11.6 Å². The van der Waals surface area contributed by atoms with E-state index in [4.69, 9.17) is 0 Å². The lowest BCUT2D eigenvalue weighted by atomic mass is 10.1. The first-order chi connectivity index (χ1) is 7.20. The third-order valence-corrected chi connectivity index (χ3v) is 2.30. The second-order valence-electron chi connectivity index (χ2n) is 3.29. The van der Waals surface area contributed by atoms with Crippen molar-refractivity contribution in [2.24, 2.45) is 0 Å². The molecule has 0 aliphatic carbocycles. The first-order valence-corrected chi connectivity index (χ1v) is 6.07. The van der Waals surface area contributed by atoms with Crippen molar-refractivity contribution >= 4 is 15.9 Å². The van der Waals surface area contributed by atoms with E-state index in [-0.39, 0.29) is 5.56 Å². The van der Waals surface area contributed by atoms with Gasteiger partial charge >= 0.3 is 0 Å². The number of nitrogens with one attached hydrogen (secondary N) is 1. The van der Waals surface area contributed by atoms with E-state index in [1.54, 1.807) is 4.72 Å². The Labute approximate surface area is 91.3 Å². The van der Waals surface area contributed by atoms with Crippen LogP contribution in [-0.4, -0.2) is 20.6 Å². The van der Waals surface area contributed by atoms with Crippen molar-refractivity contribution in [2.75, 3.05) is 6.26 Å². The molecule has 1 aromatic rings. The number of aryl methyl sites for hydroxylation is 1. The molecule has 0 radical (unpaired) electrons. The highest BCUT2D eigenvalue weighted by Crippen LogP contribution is 2.14. The van der Waals surface area contributed by atoms with E-state index in [1.165, 1.54) is 6.92 Å². The Morgan fingerprint density at radius 1 is 1.31 bits per heavy atom. The van der Waals surface area contributed by atoms with Crippen LogP contribution < -0.4 is 4.72 Å². The highest BCUT2D eigenvalue weighted by Gasteiger charge is 2.18. The van der Waals surface area contributed by atoms with Crippen LogP contribution in [0.2, 0.25) is 0 Å². The number of carbonyl (C=O) groups is 1. The molecule has 88 valence electrons. The molecular formula is C9H9F2NO3S. The minimum Gasteiger partial charge on any atom is -0.268 e. The zero-order valence-corrected chi connectivity index (χ0v) is 9.36. The molecule has 16 heavy (non-hydrogen) atoms. The molecule has 1 rings (SSSR count). The summed E-state index contributed by atoms with van der Waals surface area (Å²) in [4.78, 5) is 11.3. The molecule has 0 aromatic heterocycles. The number of halogens is 2. The van der Waals surface area contributed by atoms with Gasteiger partial charge in [-0.3, -0.25) is 4.79 Å². The smallest absolute Gasteiger partial charge is 0.267 e. The number of hydrogen-bond donors (Lipinski definition) is 1. The summed E-state index contributed by atoms with van der Waals surface area (Å²) in [5.41, 5.74) is -0.707. The van der Waals surface area contributed by atoms with Gasteiger partial charge in [-0.25, -0.2) is 21.9 Å². The number of amides is 1. The van der Waals surface area contributed by atoms with E-state index >= 15 is 0 Å². The molecule has 0 unspecified atom stereocenters. The highest BCUT2D eigenvalue weighted by molar-refractivity contribution is 7.89. The van der Waals surface area contributed by atoms with Gasteiger partial charge in [-0.1, -0.05) is 0 Å². The number of benzene rings is 1. The standard InChI is InChI=1S/C9H9F2NO3S/c1-5-3-6(10)4-7(8(5)11)9(13)12-16(2,14)15/h3-4H,1-2H3,(H,12,13). The summed E-state index contributed by atoms with van der Waals surface area (Å²) < 4.78 is 49.3. The molecule has 0 atom stereocenters. The SMILES string of the molecule is Cc1cc(F)cc(C(=O)NS(C)(=O)=O)c1F. The van der Waals surface area contributed by atoms with Crippen molar-refractivity contribution in [3.63, 3.8) is 0 Å². The lowest BCUT2D eigenvalue weighted by Gasteiger charge is -2.06. The van der Waals surface area contributed by atoms with Crippen LogP contribution in [0.3, 0.4) is 0 Å². The third kappa shape index (κ3) is 2.99. The fraction of sp³-hybridized carbons (Fsp3) is 0.222. The molecular weight excluding hydrogens is 240 g/mol. The van der Waals surface area contributed by atoms with Crippen LogP contribution in [0, 0.1) is 18.6 Å². The molecule has 0 saturated heterocycles. The number of sulfonamides is 1. The molecule has 0 aliphatic rings. The fourth-order valence-corrected chi connectivity index (χ4v) is 1.56. The first-order valence-electron chi connectivity index (χ1n) is 4.18. The largest absolute Gasteiger partial charge is 0.268 e. The van der Waals surface area contributed by atoms with Crippen molar-refractivity contribution in [2.45, 2.75) is 6.92 Å². The average molecular weight is 249 g/mol. The minimum atomic E-state index is -3.80. The lowest BCUT2D eigenvalue weighted by molar-refractivity contribution is 0.0977. The van der Waals surface area contributed by atoms with Gasteiger partial charge < -0.3 is 0 Å². The predicted octanol–water partition coefficient (Wildman–Crippen LogP) is 0.963. The molecule has 0 aliphatic heterocycles. The van der Waals surface area contributed by atoms with Crippen LogP contribution in [0.15, 0.2) is 12.1 Å². The van der Waals surface area contributed by atoms with Gasteiger partial charge in [0.15, 0.2) is 0 Å². The highest BCUT2D eigenvalue weighted by atomic mass is 32.2. The van der Waals surface area contributed by atoms with E-state index in [9.17, 15) is 22.0 Å². The van der Waals surface area contributed by atoms with Crippen LogP contribution in [0.5, 0.6) is 0 Å². The molecule has 0 spiro atoms. The second-order valence-corrected chi connectivity index (χ2v) is 5.04. The van der Waals surface area contributed by atoms with Gasteiger partial charge in [-0.05, 0) is 24.6 Å². The van der Waals surface area contributed by atoms with Crippen LogP contribution in [0.1, 0.15) is 15.9 Å². The average Bonchev–Trinajstić information content (AvgIpc) is 2.08. The molecule has 1 N–H and O–H groups in total. The first kappa shape index (κ1) is 12.6. The molecule has 7 heteroatoms. The van der Waals surface area contributed by atoms with E-state index in [0.717, 1.165) is 12.3 Å². The summed E-state index contributed by atoms with van der Waals surface area (Å²) in [6, 6.07) is 1.55. The number of carbonyl (C=O) groups excluding carboxylic acids is 1. The Kier molecular flexibility index (Phi) is 3.27. The van der Waals surface area contributed by atoms with Gasteiger partial charge in [-0.15, -0.1) is 0 Å². The minimum absolute atomic E-state index is 0.0707. The lowest BCUT2D eigenvalue weighted by Crippen LogP contribution is -2.30. The van der Waals surface area contributed by atoms with Crippen molar-refractivity contribution in [1.82, 2.24) is 4.72 Å². The van der Waals surface area contributed by atoms with Crippen molar-refractivity contribution in [3.8, 4) is 0 Å². The molecule has 0 fully saturated rings. The van der Waals surface area contributed by atoms with Crippen LogP contribution in [0.4, 0.5) is 8.78 Å². The molecule has 0 heterocycles. The maximum atomic E-state index is 13.4. The summed E-state index contributed by atoms with van der Waals surface area (Å²) in [5.74, 6) is -2.94. The number of hydrogen-bond acceptors (Lipinski definition) is 3. The molecule has 1 amide bonds. The maximum Gasteiger partial charge on any atom is 0.267 e. The van der Waals surface area contributed by atoms with E-state index in [0.29, 0.717) is 6.07 Å². The van der Waals surface area contributed by atoms with Gasteiger partial charge in [0, 0.05) is 0 Å². The Bertz CT molecular complexity index is 540. The van der Waals surface area contributed by atoms with Crippen LogP contribution >= 0.6 is 0 Å². The molecule has 0 bridgehead atoms. The number of rotatable bonds is 2. The predicted molar refractivity (Wildman–Crippen MR) is 53.4 cm³/mol. The normalized spacial score (nSPS) is 11.2. The van der Waals surface area contributed by atoms with Gasteiger partial charge in [0.05, 0.1) is 11.8 Å². The van der Waals surface area contributed by atoms with Crippen molar-refractivity contribution in [1.29, 1.82) is 0 Å². The van der Waals surface area contributed by atoms with Crippen LogP contribution in [-0.2, 0) is 10.0 Å². The van der Waals surface area contributed by atoms with Crippen molar-refractivity contribution < 1.29 is 22.0 Å². The zero-order valence-electron chi connectivity index (χ0n) is 8.54. The topological polar surface area (TPSA) is 63.2 Å². The summed E-state index contributed by atoms with van der Waals surface area (Å²) >= 11 is 0. The monoisotopic (exact) mass is 249 g/mol. The third-order valence-electron chi connectivity index (χ3n) is 1.74. The second kappa shape index (κ2) is 4.17. The van der Waals surface area contributed by atoms with E-state index in [1.807, 2.05) is 0 Å². The molecule has 4 nitrogen and oxygen atoms in total.